The fraction of sp³-hybridized carbons (Fsp3) is 0.389. The normalized spacial score (nSPS) is 17.9. The van der Waals surface area contributed by atoms with Crippen LogP contribution in [0.1, 0.15) is 23.3 Å². The molecule has 2 amide bonds. The van der Waals surface area contributed by atoms with Crippen LogP contribution in [0, 0.1) is 5.92 Å². The highest BCUT2D eigenvalue weighted by molar-refractivity contribution is 7.88. The van der Waals surface area contributed by atoms with Crippen molar-refractivity contribution in [1.29, 1.82) is 0 Å². The molecular formula is C18H23N5O4S. The zero-order valence-corrected chi connectivity index (χ0v) is 16.6. The quantitative estimate of drug-likeness (QED) is 0.778. The van der Waals surface area contributed by atoms with Gasteiger partial charge in [0.05, 0.1) is 12.2 Å². The number of nitrogens with zero attached hydrogens (tertiary/aromatic N) is 3. The van der Waals surface area contributed by atoms with Gasteiger partial charge in [0.25, 0.3) is 5.91 Å². The summed E-state index contributed by atoms with van der Waals surface area (Å²) in [4.78, 5) is 24.6. The molecule has 1 aliphatic heterocycles. The second-order valence-corrected chi connectivity index (χ2v) is 8.84. The Hall–Kier alpha value is -2.72. The van der Waals surface area contributed by atoms with E-state index in [1.54, 1.807) is 48.3 Å². The highest BCUT2D eigenvalue weighted by Crippen LogP contribution is 2.21. The van der Waals surface area contributed by atoms with Gasteiger partial charge >= 0.3 is 0 Å². The van der Waals surface area contributed by atoms with Crippen LogP contribution >= 0.6 is 0 Å². The van der Waals surface area contributed by atoms with E-state index in [1.807, 2.05) is 0 Å². The summed E-state index contributed by atoms with van der Waals surface area (Å²) < 4.78 is 26.3. The molecule has 2 heterocycles. The molecule has 0 spiro atoms. The molecule has 0 bridgehead atoms. The number of carbonyl (C=O) groups is 2. The van der Waals surface area contributed by atoms with Crippen molar-refractivity contribution in [2.24, 2.45) is 13.0 Å². The first-order valence-electron chi connectivity index (χ1n) is 8.89. The Bertz CT molecular complexity index is 968. The number of benzene rings is 1. The number of aryl methyl sites for hydroxylation is 1. The van der Waals surface area contributed by atoms with E-state index in [-0.39, 0.29) is 24.3 Å². The Morgan fingerprint density at radius 3 is 2.32 bits per heavy atom. The van der Waals surface area contributed by atoms with Crippen LogP contribution in [0.25, 0.3) is 0 Å². The predicted molar refractivity (Wildman–Crippen MR) is 105 cm³/mol. The number of amides is 2. The minimum Gasteiger partial charge on any atom is -0.326 e. The van der Waals surface area contributed by atoms with Crippen molar-refractivity contribution in [1.82, 2.24) is 14.1 Å². The Kier molecular flexibility index (Phi) is 5.80. The van der Waals surface area contributed by atoms with E-state index < -0.39 is 10.0 Å². The van der Waals surface area contributed by atoms with Crippen LogP contribution in [0.3, 0.4) is 0 Å². The van der Waals surface area contributed by atoms with E-state index in [1.165, 1.54) is 4.31 Å². The highest BCUT2D eigenvalue weighted by Gasteiger charge is 2.30. The predicted octanol–water partition coefficient (Wildman–Crippen LogP) is 1.28. The van der Waals surface area contributed by atoms with Gasteiger partial charge < -0.3 is 10.6 Å². The SMILES string of the molecule is Cn1ccc(C(=O)Nc2ccc(NC(=O)C3CCCN(S(C)(=O)=O)C3)cc2)n1. The third-order valence-electron chi connectivity index (χ3n) is 4.58. The van der Waals surface area contributed by atoms with Gasteiger partial charge in [0, 0.05) is 37.7 Å². The van der Waals surface area contributed by atoms with Crippen molar-refractivity contribution in [2.45, 2.75) is 12.8 Å². The maximum absolute atomic E-state index is 12.5. The van der Waals surface area contributed by atoms with Gasteiger partial charge in [-0.05, 0) is 43.2 Å². The first-order valence-corrected chi connectivity index (χ1v) is 10.7. The largest absolute Gasteiger partial charge is 0.326 e. The van der Waals surface area contributed by atoms with Gasteiger partial charge in [-0.1, -0.05) is 0 Å². The number of aromatic nitrogens is 2. The third-order valence-corrected chi connectivity index (χ3v) is 5.85. The average Bonchev–Trinajstić information content (AvgIpc) is 3.09. The van der Waals surface area contributed by atoms with E-state index in [2.05, 4.69) is 15.7 Å². The topological polar surface area (TPSA) is 113 Å². The molecule has 1 aromatic heterocycles. The molecule has 0 saturated carbocycles. The van der Waals surface area contributed by atoms with Crippen LogP contribution in [-0.2, 0) is 21.9 Å². The monoisotopic (exact) mass is 405 g/mol. The lowest BCUT2D eigenvalue weighted by Gasteiger charge is -2.30. The summed E-state index contributed by atoms with van der Waals surface area (Å²) in [6.07, 6.45) is 4.15. The van der Waals surface area contributed by atoms with Gasteiger partial charge in [-0.15, -0.1) is 0 Å². The van der Waals surface area contributed by atoms with Crippen molar-refractivity contribution in [3.8, 4) is 0 Å². The number of rotatable bonds is 5. The molecule has 1 fully saturated rings. The molecule has 1 aliphatic rings. The summed E-state index contributed by atoms with van der Waals surface area (Å²) in [5, 5.41) is 9.59. The minimum absolute atomic E-state index is 0.197. The molecule has 1 atom stereocenters. The van der Waals surface area contributed by atoms with E-state index in [0.717, 1.165) is 6.26 Å². The Labute approximate surface area is 163 Å². The van der Waals surface area contributed by atoms with Crippen molar-refractivity contribution < 1.29 is 18.0 Å². The van der Waals surface area contributed by atoms with E-state index in [9.17, 15) is 18.0 Å². The van der Waals surface area contributed by atoms with Crippen LogP contribution in [0.4, 0.5) is 11.4 Å². The number of nitrogens with one attached hydrogen (secondary N) is 2. The van der Waals surface area contributed by atoms with Gasteiger partial charge in [-0.3, -0.25) is 14.3 Å². The fourth-order valence-corrected chi connectivity index (χ4v) is 3.98. The minimum atomic E-state index is -3.30. The maximum atomic E-state index is 12.5. The maximum Gasteiger partial charge on any atom is 0.276 e. The molecule has 1 aromatic carbocycles. The zero-order valence-electron chi connectivity index (χ0n) is 15.8. The van der Waals surface area contributed by atoms with E-state index in [4.69, 9.17) is 0 Å². The van der Waals surface area contributed by atoms with Crippen molar-refractivity contribution in [3.63, 3.8) is 0 Å². The molecule has 3 rings (SSSR count). The molecule has 150 valence electrons. The van der Waals surface area contributed by atoms with Gasteiger partial charge in [0.2, 0.25) is 15.9 Å². The van der Waals surface area contributed by atoms with Crippen LogP contribution in [0.5, 0.6) is 0 Å². The number of hydrogen-bond donors (Lipinski definition) is 2. The molecule has 0 radical (unpaired) electrons. The number of anilines is 2. The summed E-state index contributed by atoms with van der Waals surface area (Å²) in [6, 6.07) is 8.35. The van der Waals surface area contributed by atoms with Gasteiger partial charge in [-0.2, -0.15) is 5.10 Å². The summed E-state index contributed by atoms with van der Waals surface area (Å²) in [6.45, 7) is 0.649. The summed E-state index contributed by atoms with van der Waals surface area (Å²) in [7, 11) is -1.57. The third kappa shape index (κ3) is 4.96. The number of carbonyl (C=O) groups excluding carboxylic acids is 2. The van der Waals surface area contributed by atoms with E-state index >= 15 is 0 Å². The second kappa shape index (κ2) is 8.11. The lowest BCUT2D eigenvalue weighted by Crippen LogP contribution is -2.43. The van der Waals surface area contributed by atoms with Crippen LogP contribution in [0.2, 0.25) is 0 Å². The molecule has 10 heteroatoms. The highest BCUT2D eigenvalue weighted by atomic mass is 32.2. The van der Waals surface area contributed by atoms with Gasteiger partial charge in [0.15, 0.2) is 5.69 Å². The molecule has 2 aromatic rings. The lowest BCUT2D eigenvalue weighted by molar-refractivity contribution is -0.120. The average molecular weight is 405 g/mol. The fourth-order valence-electron chi connectivity index (χ4n) is 3.07. The Morgan fingerprint density at radius 1 is 1.11 bits per heavy atom. The van der Waals surface area contributed by atoms with Crippen LogP contribution in [-0.4, -0.2) is 53.7 Å². The number of piperidine rings is 1. The Morgan fingerprint density at radius 2 is 1.75 bits per heavy atom. The molecule has 1 saturated heterocycles. The summed E-state index contributed by atoms with van der Waals surface area (Å²) in [5.41, 5.74) is 1.47. The molecule has 0 aliphatic carbocycles. The van der Waals surface area contributed by atoms with Gasteiger partial charge in [0.1, 0.15) is 0 Å². The second-order valence-electron chi connectivity index (χ2n) is 6.86. The summed E-state index contributed by atoms with van der Waals surface area (Å²) in [5.74, 6) is -0.911. The molecule has 28 heavy (non-hydrogen) atoms. The van der Waals surface area contributed by atoms with Crippen molar-refractivity contribution in [3.05, 3.63) is 42.2 Å². The van der Waals surface area contributed by atoms with Crippen molar-refractivity contribution in [2.75, 3.05) is 30.0 Å². The first-order chi connectivity index (χ1) is 13.2. The number of hydrogen-bond acceptors (Lipinski definition) is 5. The molecule has 9 nitrogen and oxygen atoms in total. The molecule has 1 unspecified atom stereocenters. The molecule has 2 N–H and O–H groups in total. The van der Waals surface area contributed by atoms with Crippen LogP contribution in [0.15, 0.2) is 36.5 Å². The smallest absolute Gasteiger partial charge is 0.276 e. The zero-order chi connectivity index (χ0) is 20.3. The Balaban J connectivity index is 1.58. The van der Waals surface area contributed by atoms with E-state index in [0.29, 0.717) is 36.5 Å². The van der Waals surface area contributed by atoms with Gasteiger partial charge in [-0.25, -0.2) is 12.7 Å². The standard InChI is InChI=1S/C18H23N5O4S/c1-22-11-9-16(21-22)18(25)20-15-7-5-14(6-8-15)19-17(24)13-4-3-10-23(12-13)28(2,26)27/h5-9,11,13H,3-4,10,12H2,1-2H3,(H,19,24)(H,20,25). The van der Waals surface area contributed by atoms with Crippen LogP contribution < -0.4 is 10.6 Å². The molecular weight excluding hydrogens is 382 g/mol. The first kappa shape index (κ1) is 20.0. The number of sulfonamides is 1. The lowest BCUT2D eigenvalue weighted by atomic mass is 9.98. The van der Waals surface area contributed by atoms with Crippen molar-refractivity contribution >= 4 is 33.2 Å². The summed E-state index contributed by atoms with van der Waals surface area (Å²) >= 11 is 0.